The number of rotatable bonds is 2. The van der Waals surface area contributed by atoms with Gasteiger partial charge in [-0.15, -0.1) is 0 Å². The molecule has 1 amide bonds. The molecule has 1 aliphatic rings. The summed E-state index contributed by atoms with van der Waals surface area (Å²) in [6.07, 6.45) is 0. The largest absolute Gasteiger partial charge is 0.388 e. The molecule has 1 saturated heterocycles. The molecule has 4 nitrogen and oxygen atoms in total. The first-order chi connectivity index (χ1) is 9.02. The van der Waals surface area contributed by atoms with Crippen LogP contribution in [0.1, 0.15) is 22.8 Å². The lowest BCUT2D eigenvalue weighted by Gasteiger charge is -2.38. The van der Waals surface area contributed by atoms with Gasteiger partial charge in [0, 0.05) is 44.0 Å². The van der Waals surface area contributed by atoms with Crippen LogP contribution in [0.2, 0.25) is 0 Å². The quantitative estimate of drug-likeness (QED) is 0.882. The van der Waals surface area contributed by atoms with Crippen molar-refractivity contribution in [3.8, 4) is 0 Å². The Morgan fingerprint density at radius 3 is 2.68 bits per heavy atom. The molecule has 1 aliphatic heterocycles. The van der Waals surface area contributed by atoms with Crippen molar-refractivity contribution >= 4 is 11.6 Å². The molecule has 19 heavy (non-hydrogen) atoms. The van der Waals surface area contributed by atoms with Crippen LogP contribution in [0.15, 0.2) is 18.2 Å². The Hall–Kier alpha value is -1.55. The van der Waals surface area contributed by atoms with Gasteiger partial charge in [0.1, 0.15) is 0 Å². The van der Waals surface area contributed by atoms with Gasteiger partial charge in [0.15, 0.2) is 0 Å². The number of amides is 1. The minimum atomic E-state index is 0.145. The molecule has 1 heterocycles. The molecule has 1 unspecified atom stereocenters. The van der Waals surface area contributed by atoms with Crippen molar-refractivity contribution in [3.05, 3.63) is 29.3 Å². The molecular formula is C15H23N3O. The highest BCUT2D eigenvalue weighted by atomic mass is 16.2. The molecule has 4 heteroatoms. The number of nitrogens with zero attached hydrogens (tertiary/aromatic N) is 2. The smallest absolute Gasteiger partial charge is 0.254 e. The fourth-order valence-corrected chi connectivity index (χ4v) is 2.68. The van der Waals surface area contributed by atoms with Crippen LogP contribution < -0.4 is 5.32 Å². The van der Waals surface area contributed by atoms with Crippen LogP contribution in [-0.4, -0.2) is 55.5 Å². The first-order valence-corrected chi connectivity index (χ1v) is 6.81. The van der Waals surface area contributed by atoms with Crippen molar-refractivity contribution in [2.24, 2.45) is 0 Å². The molecule has 0 aliphatic carbocycles. The van der Waals surface area contributed by atoms with E-state index in [1.807, 2.05) is 37.1 Å². The van der Waals surface area contributed by atoms with Crippen molar-refractivity contribution in [2.75, 3.05) is 39.0 Å². The maximum absolute atomic E-state index is 12.6. The van der Waals surface area contributed by atoms with Gasteiger partial charge in [0.2, 0.25) is 0 Å². The number of carbonyl (C=O) groups is 1. The number of hydrogen-bond donors (Lipinski definition) is 1. The van der Waals surface area contributed by atoms with E-state index in [1.54, 1.807) is 0 Å². The van der Waals surface area contributed by atoms with Crippen LogP contribution in [0.4, 0.5) is 5.69 Å². The van der Waals surface area contributed by atoms with Gasteiger partial charge >= 0.3 is 0 Å². The fourth-order valence-electron chi connectivity index (χ4n) is 2.68. The Morgan fingerprint density at radius 1 is 1.37 bits per heavy atom. The summed E-state index contributed by atoms with van der Waals surface area (Å²) in [6.45, 7) is 6.84. The number of carbonyl (C=O) groups excluding carboxylic acids is 1. The summed E-state index contributed by atoms with van der Waals surface area (Å²) >= 11 is 0. The zero-order valence-corrected chi connectivity index (χ0v) is 12.2. The molecule has 0 spiro atoms. The second-order valence-electron chi connectivity index (χ2n) is 5.39. The van der Waals surface area contributed by atoms with Gasteiger partial charge in [-0.1, -0.05) is 0 Å². The van der Waals surface area contributed by atoms with Gasteiger partial charge in [-0.25, -0.2) is 0 Å². The Morgan fingerprint density at radius 2 is 2.11 bits per heavy atom. The van der Waals surface area contributed by atoms with Gasteiger partial charge < -0.3 is 15.1 Å². The highest BCUT2D eigenvalue weighted by Gasteiger charge is 2.26. The van der Waals surface area contributed by atoms with Crippen LogP contribution in [0.5, 0.6) is 0 Å². The number of benzene rings is 1. The number of aryl methyl sites for hydroxylation is 1. The molecule has 0 saturated carbocycles. The van der Waals surface area contributed by atoms with E-state index >= 15 is 0 Å². The van der Waals surface area contributed by atoms with E-state index in [0.29, 0.717) is 0 Å². The first-order valence-electron chi connectivity index (χ1n) is 6.81. The lowest BCUT2D eigenvalue weighted by Crippen LogP contribution is -2.52. The van der Waals surface area contributed by atoms with E-state index in [-0.39, 0.29) is 11.9 Å². The van der Waals surface area contributed by atoms with Crippen LogP contribution >= 0.6 is 0 Å². The van der Waals surface area contributed by atoms with Crippen molar-refractivity contribution in [1.29, 1.82) is 0 Å². The summed E-state index contributed by atoms with van der Waals surface area (Å²) in [5.74, 6) is 0.145. The monoisotopic (exact) mass is 261 g/mol. The molecular weight excluding hydrogens is 238 g/mol. The second-order valence-corrected chi connectivity index (χ2v) is 5.39. The van der Waals surface area contributed by atoms with Crippen molar-refractivity contribution in [1.82, 2.24) is 9.80 Å². The van der Waals surface area contributed by atoms with E-state index in [4.69, 9.17) is 0 Å². The summed E-state index contributed by atoms with van der Waals surface area (Å²) in [7, 11) is 4.00. The van der Waals surface area contributed by atoms with Gasteiger partial charge in [0.25, 0.3) is 5.91 Å². The average Bonchev–Trinajstić information content (AvgIpc) is 2.38. The van der Waals surface area contributed by atoms with Crippen LogP contribution in [-0.2, 0) is 0 Å². The Bertz CT molecular complexity index is 472. The van der Waals surface area contributed by atoms with E-state index in [9.17, 15) is 4.79 Å². The SMILES string of the molecule is CNc1ccc(C(=O)N2CCN(C)CC2C)cc1C. The summed E-state index contributed by atoms with van der Waals surface area (Å²) in [5.41, 5.74) is 2.96. The van der Waals surface area contributed by atoms with Gasteiger partial charge in [-0.3, -0.25) is 4.79 Å². The molecule has 0 aromatic heterocycles. The number of piperazine rings is 1. The van der Waals surface area contributed by atoms with Crippen LogP contribution in [0, 0.1) is 6.92 Å². The van der Waals surface area contributed by atoms with Gasteiger partial charge in [-0.05, 0) is 44.7 Å². The predicted octanol–water partition coefficient (Wildman–Crippen LogP) is 1.81. The van der Waals surface area contributed by atoms with E-state index in [0.717, 1.165) is 36.4 Å². The standard InChI is InChI=1S/C15H23N3O/c1-11-9-13(5-6-14(11)16-3)15(19)18-8-7-17(4)10-12(18)2/h5-6,9,12,16H,7-8,10H2,1-4H3. The van der Waals surface area contributed by atoms with Crippen molar-refractivity contribution in [3.63, 3.8) is 0 Å². The highest BCUT2D eigenvalue weighted by Crippen LogP contribution is 2.19. The molecule has 2 rings (SSSR count). The zero-order valence-electron chi connectivity index (χ0n) is 12.2. The lowest BCUT2D eigenvalue weighted by atomic mass is 10.1. The molecule has 1 fully saturated rings. The third-order valence-electron chi connectivity index (χ3n) is 3.83. The van der Waals surface area contributed by atoms with E-state index in [2.05, 4.69) is 24.2 Å². The van der Waals surface area contributed by atoms with Crippen LogP contribution in [0.25, 0.3) is 0 Å². The first kappa shape index (κ1) is 13.9. The zero-order chi connectivity index (χ0) is 14.0. The Kier molecular flexibility index (Phi) is 4.10. The molecule has 0 bridgehead atoms. The van der Waals surface area contributed by atoms with Crippen molar-refractivity contribution in [2.45, 2.75) is 19.9 Å². The molecule has 1 aromatic rings. The lowest BCUT2D eigenvalue weighted by molar-refractivity contribution is 0.0533. The predicted molar refractivity (Wildman–Crippen MR) is 78.7 cm³/mol. The number of anilines is 1. The second kappa shape index (κ2) is 5.61. The minimum Gasteiger partial charge on any atom is -0.388 e. The van der Waals surface area contributed by atoms with Gasteiger partial charge in [-0.2, -0.15) is 0 Å². The summed E-state index contributed by atoms with van der Waals surface area (Å²) in [4.78, 5) is 16.8. The topological polar surface area (TPSA) is 35.6 Å². The number of hydrogen-bond acceptors (Lipinski definition) is 3. The van der Waals surface area contributed by atoms with Crippen molar-refractivity contribution < 1.29 is 4.79 Å². The molecule has 1 atom stereocenters. The molecule has 1 aromatic carbocycles. The maximum atomic E-state index is 12.6. The van der Waals surface area contributed by atoms with Crippen LogP contribution in [0.3, 0.4) is 0 Å². The van der Waals surface area contributed by atoms with Gasteiger partial charge in [0.05, 0.1) is 0 Å². The normalized spacial score (nSPS) is 20.4. The number of likely N-dealkylation sites (N-methyl/N-ethyl adjacent to an activating group) is 1. The third kappa shape index (κ3) is 2.89. The van der Waals surface area contributed by atoms with E-state index in [1.165, 1.54) is 0 Å². The fraction of sp³-hybridized carbons (Fsp3) is 0.533. The molecule has 104 valence electrons. The highest BCUT2D eigenvalue weighted by molar-refractivity contribution is 5.95. The molecule has 1 N–H and O–H groups in total. The maximum Gasteiger partial charge on any atom is 0.254 e. The van der Waals surface area contributed by atoms with E-state index < -0.39 is 0 Å². The third-order valence-corrected chi connectivity index (χ3v) is 3.83. The molecule has 0 radical (unpaired) electrons. The minimum absolute atomic E-state index is 0.145. The number of nitrogens with one attached hydrogen (secondary N) is 1. The summed E-state index contributed by atoms with van der Waals surface area (Å²) in [5, 5.41) is 3.12. The Labute approximate surface area is 115 Å². The summed E-state index contributed by atoms with van der Waals surface area (Å²) in [6, 6.07) is 6.13. The average molecular weight is 261 g/mol. The Balaban J connectivity index is 2.17. The summed E-state index contributed by atoms with van der Waals surface area (Å²) < 4.78 is 0.